The molecule has 1 aromatic rings. The van der Waals surface area contributed by atoms with E-state index in [1.54, 1.807) is 24.4 Å². The number of carboxylic acids is 1. The molecule has 0 aliphatic heterocycles. The lowest BCUT2D eigenvalue weighted by Crippen LogP contribution is -2.45. The molecule has 0 fully saturated rings. The minimum atomic E-state index is -1.04. The second-order valence-corrected chi connectivity index (χ2v) is 5.70. The topological polar surface area (TPSA) is 95.5 Å². The molecule has 0 aliphatic carbocycles. The highest BCUT2D eigenvalue weighted by Crippen LogP contribution is 2.09. The first-order chi connectivity index (χ1) is 9.95. The maximum Gasteiger partial charge on any atom is 0.326 e. The highest BCUT2D eigenvalue weighted by atomic mass is 32.1. The van der Waals surface area contributed by atoms with Crippen molar-refractivity contribution in [3.05, 3.63) is 22.4 Å². The van der Waals surface area contributed by atoms with Gasteiger partial charge in [-0.25, -0.2) is 4.79 Å². The second-order valence-electron chi connectivity index (χ2n) is 4.75. The van der Waals surface area contributed by atoms with E-state index < -0.39 is 12.0 Å². The summed E-state index contributed by atoms with van der Waals surface area (Å²) in [5.74, 6) is -1.80. The Kier molecular flexibility index (Phi) is 6.87. The maximum absolute atomic E-state index is 11.7. The predicted molar refractivity (Wildman–Crippen MR) is 80.3 cm³/mol. The van der Waals surface area contributed by atoms with Crippen LogP contribution in [0.4, 0.5) is 0 Å². The van der Waals surface area contributed by atoms with Gasteiger partial charge < -0.3 is 15.7 Å². The molecule has 1 aromatic heterocycles. The molecule has 2 amide bonds. The number of carbonyl (C=O) groups excluding carboxylic acids is 2. The lowest BCUT2D eigenvalue weighted by Gasteiger charge is -2.20. The molecule has 2 unspecified atom stereocenters. The van der Waals surface area contributed by atoms with Crippen LogP contribution in [0.15, 0.2) is 17.5 Å². The van der Waals surface area contributed by atoms with Gasteiger partial charge >= 0.3 is 5.97 Å². The van der Waals surface area contributed by atoms with Crippen molar-refractivity contribution in [1.29, 1.82) is 0 Å². The minimum absolute atomic E-state index is 0.0529. The zero-order chi connectivity index (χ0) is 15.8. The van der Waals surface area contributed by atoms with Crippen LogP contribution in [-0.2, 0) is 9.59 Å². The molecule has 3 N–H and O–H groups in total. The van der Waals surface area contributed by atoms with Crippen LogP contribution < -0.4 is 10.6 Å². The number of aliphatic carboxylic acids is 1. The number of hydrogen-bond donors (Lipinski definition) is 3. The van der Waals surface area contributed by atoms with Crippen LogP contribution in [0.3, 0.4) is 0 Å². The van der Waals surface area contributed by atoms with E-state index in [0.717, 1.165) is 0 Å². The van der Waals surface area contributed by atoms with Crippen molar-refractivity contribution >= 4 is 29.1 Å². The summed E-state index contributed by atoms with van der Waals surface area (Å²) in [6.45, 7) is 3.82. The van der Waals surface area contributed by atoms with Gasteiger partial charge in [0.05, 0.1) is 4.88 Å². The molecular formula is C14H20N2O4S. The normalized spacial score (nSPS) is 13.2. The van der Waals surface area contributed by atoms with Gasteiger partial charge in [-0.2, -0.15) is 0 Å². The summed E-state index contributed by atoms with van der Waals surface area (Å²) in [7, 11) is 0. The smallest absolute Gasteiger partial charge is 0.326 e. The van der Waals surface area contributed by atoms with Crippen molar-refractivity contribution in [2.24, 2.45) is 5.92 Å². The number of nitrogens with one attached hydrogen (secondary N) is 2. The second kappa shape index (κ2) is 8.41. The highest BCUT2D eigenvalue weighted by molar-refractivity contribution is 7.12. The van der Waals surface area contributed by atoms with Gasteiger partial charge in [-0.3, -0.25) is 9.59 Å². The molecular weight excluding hydrogens is 292 g/mol. The third-order valence-corrected chi connectivity index (χ3v) is 4.05. The van der Waals surface area contributed by atoms with Gasteiger partial charge in [0.25, 0.3) is 5.91 Å². The Bertz CT molecular complexity index is 487. The maximum atomic E-state index is 11.7. The van der Waals surface area contributed by atoms with Gasteiger partial charge in [-0.15, -0.1) is 11.3 Å². The number of carboxylic acid groups (broad SMARTS) is 1. The summed E-state index contributed by atoms with van der Waals surface area (Å²) < 4.78 is 0. The number of hydrogen-bond acceptors (Lipinski definition) is 4. The van der Waals surface area contributed by atoms with Crippen LogP contribution in [0.25, 0.3) is 0 Å². The van der Waals surface area contributed by atoms with Crippen LogP contribution >= 0.6 is 11.3 Å². The van der Waals surface area contributed by atoms with Crippen molar-refractivity contribution in [3.8, 4) is 0 Å². The third kappa shape index (κ3) is 5.55. The largest absolute Gasteiger partial charge is 0.480 e. The molecule has 0 aromatic carbocycles. The Morgan fingerprint density at radius 3 is 2.62 bits per heavy atom. The number of thiophene rings is 1. The van der Waals surface area contributed by atoms with Gasteiger partial charge in [0.1, 0.15) is 6.04 Å². The van der Waals surface area contributed by atoms with Crippen molar-refractivity contribution < 1.29 is 19.5 Å². The van der Waals surface area contributed by atoms with E-state index in [-0.39, 0.29) is 30.7 Å². The van der Waals surface area contributed by atoms with E-state index in [0.29, 0.717) is 11.3 Å². The third-order valence-electron chi connectivity index (χ3n) is 3.18. The number of rotatable bonds is 8. The van der Waals surface area contributed by atoms with E-state index in [1.165, 1.54) is 11.3 Å². The first-order valence-electron chi connectivity index (χ1n) is 6.79. The Hall–Kier alpha value is -1.89. The summed E-state index contributed by atoms with van der Waals surface area (Å²) in [4.78, 5) is 35.0. The summed E-state index contributed by atoms with van der Waals surface area (Å²) in [5.41, 5.74) is 0. The predicted octanol–water partition coefficient (Wildman–Crippen LogP) is 1.48. The molecule has 116 valence electrons. The molecule has 0 bridgehead atoms. The fourth-order valence-electron chi connectivity index (χ4n) is 1.71. The van der Waals surface area contributed by atoms with Crippen molar-refractivity contribution in [2.75, 3.05) is 6.54 Å². The van der Waals surface area contributed by atoms with E-state index in [2.05, 4.69) is 10.6 Å². The molecule has 21 heavy (non-hydrogen) atoms. The molecule has 0 radical (unpaired) electrons. The van der Waals surface area contributed by atoms with Crippen molar-refractivity contribution in [2.45, 2.75) is 32.7 Å². The summed E-state index contributed by atoms with van der Waals surface area (Å²) in [6.07, 6.45) is 0.712. The first-order valence-corrected chi connectivity index (χ1v) is 7.67. The Labute approximate surface area is 127 Å². The van der Waals surface area contributed by atoms with E-state index in [9.17, 15) is 14.4 Å². The van der Waals surface area contributed by atoms with Gasteiger partial charge in [-0.1, -0.05) is 26.3 Å². The Morgan fingerprint density at radius 1 is 1.38 bits per heavy atom. The number of amides is 2. The molecule has 7 heteroatoms. The lowest BCUT2D eigenvalue weighted by atomic mass is 9.99. The van der Waals surface area contributed by atoms with Crippen molar-refractivity contribution in [1.82, 2.24) is 10.6 Å². The molecule has 2 atom stereocenters. The summed E-state index contributed by atoms with van der Waals surface area (Å²) in [6, 6.07) is 2.58. The van der Waals surface area contributed by atoms with Gasteiger partial charge in [0.2, 0.25) is 5.91 Å². The average molecular weight is 312 g/mol. The van der Waals surface area contributed by atoms with Crippen LogP contribution in [-0.4, -0.2) is 35.5 Å². The fourth-order valence-corrected chi connectivity index (χ4v) is 2.35. The molecule has 0 aliphatic rings. The Morgan fingerprint density at radius 2 is 2.10 bits per heavy atom. The molecule has 0 spiro atoms. The van der Waals surface area contributed by atoms with Crippen LogP contribution in [0, 0.1) is 5.92 Å². The summed E-state index contributed by atoms with van der Waals surface area (Å²) >= 11 is 1.32. The van der Waals surface area contributed by atoms with E-state index >= 15 is 0 Å². The highest BCUT2D eigenvalue weighted by Gasteiger charge is 2.24. The molecule has 6 nitrogen and oxygen atoms in total. The van der Waals surface area contributed by atoms with Gasteiger partial charge in [0.15, 0.2) is 0 Å². The first kappa shape index (κ1) is 17.2. The quantitative estimate of drug-likeness (QED) is 0.677. The standard InChI is InChI=1S/C14H20N2O4S/c1-3-9(2)12(14(19)20)16-11(17)6-7-15-13(18)10-5-4-8-21-10/h4-5,8-9,12H,3,6-7H2,1-2H3,(H,15,18)(H,16,17)(H,19,20). The fraction of sp³-hybridized carbons (Fsp3) is 0.500. The molecule has 0 saturated heterocycles. The zero-order valence-corrected chi connectivity index (χ0v) is 12.9. The molecule has 0 saturated carbocycles. The summed E-state index contributed by atoms with van der Waals surface area (Å²) in [5, 5.41) is 16.0. The number of carbonyl (C=O) groups is 3. The monoisotopic (exact) mass is 312 g/mol. The molecule has 1 rings (SSSR count). The van der Waals surface area contributed by atoms with Gasteiger partial charge in [0, 0.05) is 13.0 Å². The van der Waals surface area contributed by atoms with E-state index in [1.807, 2.05) is 6.92 Å². The zero-order valence-electron chi connectivity index (χ0n) is 12.1. The average Bonchev–Trinajstić information content (AvgIpc) is 2.97. The van der Waals surface area contributed by atoms with Crippen LogP contribution in [0.1, 0.15) is 36.4 Å². The van der Waals surface area contributed by atoms with E-state index in [4.69, 9.17) is 5.11 Å². The van der Waals surface area contributed by atoms with Gasteiger partial charge in [-0.05, 0) is 17.4 Å². The SMILES string of the molecule is CCC(C)C(NC(=O)CCNC(=O)c1cccs1)C(=O)O. The van der Waals surface area contributed by atoms with Crippen LogP contribution in [0.2, 0.25) is 0 Å². The van der Waals surface area contributed by atoms with Crippen LogP contribution in [0.5, 0.6) is 0 Å². The minimum Gasteiger partial charge on any atom is -0.480 e. The molecule has 1 heterocycles. The van der Waals surface area contributed by atoms with Crippen molar-refractivity contribution in [3.63, 3.8) is 0 Å². The Balaban J connectivity index is 2.36. The lowest BCUT2D eigenvalue weighted by molar-refractivity contribution is -0.143.